The molecule has 0 heterocycles. The van der Waals surface area contributed by atoms with Gasteiger partial charge in [0.05, 0.1) is 6.10 Å². The fourth-order valence-corrected chi connectivity index (χ4v) is 1.90. The molecule has 0 radical (unpaired) electrons. The van der Waals surface area contributed by atoms with Crippen molar-refractivity contribution in [3.8, 4) is 0 Å². The van der Waals surface area contributed by atoms with Crippen LogP contribution in [0.4, 0.5) is 0 Å². The van der Waals surface area contributed by atoms with Gasteiger partial charge in [0.2, 0.25) is 0 Å². The number of aliphatic hydroxyl groups is 1. The van der Waals surface area contributed by atoms with Gasteiger partial charge >= 0.3 is 0 Å². The molecular formula is C14H23NO. The fourth-order valence-electron chi connectivity index (χ4n) is 1.90. The predicted octanol–water partition coefficient (Wildman–Crippen LogP) is 2.32. The zero-order chi connectivity index (χ0) is 11.8. The summed E-state index contributed by atoms with van der Waals surface area (Å²) in [6.45, 7) is 3.67. The number of hydrogen-bond donors (Lipinski definition) is 1. The number of hydrogen-bond acceptors (Lipinski definition) is 2. The standard InChI is InChI=1S/C14H23NO/c1-13(16)12-15(2)11-7-6-10-14-8-4-3-5-9-14/h3-5,8-9,13,16H,6-7,10-12H2,1-2H3. The maximum atomic E-state index is 9.22. The molecule has 16 heavy (non-hydrogen) atoms. The Labute approximate surface area is 98.9 Å². The minimum absolute atomic E-state index is 0.223. The van der Waals surface area contributed by atoms with Crippen molar-refractivity contribution in [3.63, 3.8) is 0 Å². The molecule has 0 fully saturated rings. The number of aryl methyl sites for hydroxylation is 1. The second-order valence-corrected chi connectivity index (χ2v) is 4.55. The molecule has 0 saturated carbocycles. The van der Waals surface area contributed by atoms with E-state index in [-0.39, 0.29) is 6.10 Å². The number of nitrogens with zero attached hydrogens (tertiary/aromatic N) is 1. The number of rotatable bonds is 7. The molecule has 1 unspecified atom stereocenters. The molecule has 90 valence electrons. The lowest BCUT2D eigenvalue weighted by Crippen LogP contribution is -2.28. The average molecular weight is 221 g/mol. The van der Waals surface area contributed by atoms with Crippen molar-refractivity contribution < 1.29 is 5.11 Å². The molecule has 0 aliphatic rings. The van der Waals surface area contributed by atoms with Gasteiger partial charge in [0.1, 0.15) is 0 Å². The van der Waals surface area contributed by atoms with E-state index in [0.29, 0.717) is 0 Å². The lowest BCUT2D eigenvalue weighted by atomic mass is 10.1. The highest BCUT2D eigenvalue weighted by Crippen LogP contribution is 2.05. The minimum Gasteiger partial charge on any atom is -0.392 e. The molecule has 0 spiro atoms. The molecule has 1 atom stereocenters. The molecule has 2 heteroatoms. The highest BCUT2D eigenvalue weighted by molar-refractivity contribution is 5.14. The lowest BCUT2D eigenvalue weighted by molar-refractivity contribution is 0.140. The first-order valence-corrected chi connectivity index (χ1v) is 6.09. The summed E-state index contributed by atoms with van der Waals surface area (Å²) in [5.74, 6) is 0. The Hall–Kier alpha value is -0.860. The molecular weight excluding hydrogens is 198 g/mol. The molecule has 1 aromatic rings. The summed E-state index contributed by atoms with van der Waals surface area (Å²) in [5.41, 5.74) is 1.42. The molecule has 2 nitrogen and oxygen atoms in total. The summed E-state index contributed by atoms with van der Waals surface area (Å²) in [4.78, 5) is 2.19. The van der Waals surface area contributed by atoms with Gasteiger partial charge in [-0.3, -0.25) is 0 Å². The Balaban J connectivity index is 2.08. The monoisotopic (exact) mass is 221 g/mol. The third-order valence-electron chi connectivity index (χ3n) is 2.67. The van der Waals surface area contributed by atoms with Crippen molar-refractivity contribution in [2.75, 3.05) is 20.1 Å². The van der Waals surface area contributed by atoms with Crippen molar-refractivity contribution in [3.05, 3.63) is 35.9 Å². The van der Waals surface area contributed by atoms with Gasteiger partial charge in [-0.05, 0) is 45.3 Å². The third-order valence-corrected chi connectivity index (χ3v) is 2.67. The first-order valence-electron chi connectivity index (χ1n) is 6.09. The van der Waals surface area contributed by atoms with Crippen LogP contribution in [0.2, 0.25) is 0 Å². The highest BCUT2D eigenvalue weighted by atomic mass is 16.3. The largest absolute Gasteiger partial charge is 0.392 e. The van der Waals surface area contributed by atoms with Crippen LogP contribution < -0.4 is 0 Å². The Bertz CT molecular complexity index is 271. The van der Waals surface area contributed by atoms with Gasteiger partial charge in [0, 0.05) is 6.54 Å². The van der Waals surface area contributed by atoms with E-state index >= 15 is 0 Å². The molecule has 1 aromatic carbocycles. The Kier molecular flexibility index (Phi) is 6.12. The molecule has 1 rings (SSSR count). The second kappa shape index (κ2) is 7.42. The predicted molar refractivity (Wildman–Crippen MR) is 68.6 cm³/mol. The van der Waals surface area contributed by atoms with Crippen molar-refractivity contribution in [1.29, 1.82) is 0 Å². The molecule has 0 bridgehead atoms. The van der Waals surface area contributed by atoms with Crippen LogP contribution in [0.25, 0.3) is 0 Å². The second-order valence-electron chi connectivity index (χ2n) is 4.55. The summed E-state index contributed by atoms with van der Waals surface area (Å²) < 4.78 is 0. The number of likely N-dealkylation sites (N-methyl/N-ethyl adjacent to an activating group) is 1. The van der Waals surface area contributed by atoms with Crippen LogP contribution in [-0.4, -0.2) is 36.2 Å². The number of benzene rings is 1. The summed E-state index contributed by atoms with van der Waals surface area (Å²) in [5, 5.41) is 9.22. The van der Waals surface area contributed by atoms with E-state index in [4.69, 9.17) is 0 Å². The van der Waals surface area contributed by atoms with E-state index in [1.165, 1.54) is 18.4 Å². The van der Waals surface area contributed by atoms with Crippen LogP contribution in [0.15, 0.2) is 30.3 Å². The van der Waals surface area contributed by atoms with E-state index in [1.807, 2.05) is 6.92 Å². The topological polar surface area (TPSA) is 23.5 Å². The first kappa shape index (κ1) is 13.2. The van der Waals surface area contributed by atoms with Crippen molar-refractivity contribution >= 4 is 0 Å². The average Bonchev–Trinajstić information content (AvgIpc) is 2.25. The van der Waals surface area contributed by atoms with Gasteiger partial charge in [-0.25, -0.2) is 0 Å². The van der Waals surface area contributed by atoms with Crippen LogP contribution in [0.1, 0.15) is 25.3 Å². The molecule has 0 amide bonds. The summed E-state index contributed by atoms with van der Waals surface area (Å²) >= 11 is 0. The van der Waals surface area contributed by atoms with E-state index in [1.54, 1.807) is 0 Å². The van der Waals surface area contributed by atoms with Gasteiger partial charge < -0.3 is 10.0 Å². The maximum Gasteiger partial charge on any atom is 0.0638 e. The molecule has 0 aromatic heterocycles. The smallest absolute Gasteiger partial charge is 0.0638 e. The SMILES string of the molecule is CC(O)CN(C)CCCCc1ccccc1. The maximum absolute atomic E-state index is 9.22. The normalized spacial score (nSPS) is 13.0. The molecule has 0 saturated heterocycles. The highest BCUT2D eigenvalue weighted by Gasteiger charge is 2.02. The van der Waals surface area contributed by atoms with Crippen molar-refractivity contribution in [1.82, 2.24) is 4.90 Å². The van der Waals surface area contributed by atoms with Crippen LogP contribution in [-0.2, 0) is 6.42 Å². The lowest BCUT2D eigenvalue weighted by Gasteiger charge is -2.17. The third kappa shape index (κ3) is 5.89. The van der Waals surface area contributed by atoms with Crippen LogP contribution in [0.5, 0.6) is 0 Å². The van der Waals surface area contributed by atoms with Gasteiger partial charge in [-0.15, -0.1) is 0 Å². The quantitative estimate of drug-likeness (QED) is 0.714. The minimum atomic E-state index is -0.223. The van der Waals surface area contributed by atoms with Gasteiger partial charge in [0.25, 0.3) is 0 Å². The van der Waals surface area contributed by atoms with Crippen molar-refractivity contribution in [2.45, 2.75) is 32.3 Å². The number of unbranched alkanes of at least 4 members (excludes halogenated alkanes) is 1. The van der Waals surface area contributed by atoms with Crippen molar-refractivity contribution in [2.24, 2.45) is 0 Å². The zero-order valence-electron chi connectivity index (χ0n) is 10.4. The van der Waals surface area contributed by atoms with E-state index < -0.39 is 0 Å². The van der Waals surface area contributed by atoms with Crippen LogP contribution in [0.3, 0.4) is 0 Å². The fraction of sp³-hybridized carbons (Fsp3) is 0.571. The molecule has 0 aliphatic carbocycles. The Morgan fingerprint density at radius 1 is 1.19 bits per heavy atom. The van der Waals surface area contributed by atoms with Crippen LogP contribution >= 0.6 is 0 Å². The summed E-state index contributed by atoms with van der Waals surface area (Å²) in [7, 11) is 2.06. The summed E-state index contributed by atoms with van der Waals surface area (Å²) in [6.07, 6.45) is 3.34. The van der Waals surface area contributed by atoms with E-state index in [9.17, 15) is 5.11 Å². The van der Waals surface area contributed by atoms with Gasteiger partial charge in [0.15, 0.2) is 0 Å². The summed E-state index contributed by atoms with van der Waals surface area (Å²) in [6, 6.07) is 10.6. The Morgan fingerprint density at radius 2 is 1.88 bits per heavy atom. The van der Waals surface area contributed by atoms with Gasteiger partial charge in [-0.2, -0.15) is 0 Å². The zero-order valence-corrected chi connectivity index (χ0v) is 10.4. The Morgan fingerprint density at radius 3 is 2.50 bits per heavy atom. The van der Waals surface area contributed by atoms with E-state index in [0.717, 1.165) is 19.5 Å². The molecule has 0 aliphatic heterocycles. The number of aliphatic hydroxyl groups excluding tert-OH is 1. The van der Waals surface area contributed by atoms with E-state index in [2.05, 4.69) is 42.3 Å². The van der Waals surface area contributed by atoms with Crippen LogP contribution in [0, 0.1) is 0 Å². The first-order chi connectivity index (χ1) is 7.68. The molecule has 1 N–H and O–H groups in total. The van der Waals surface area contributed by atoms with Gasteiger partial charge in [-0.1, -0.05) is 30.3 Å².